The Morgan fingerprint density at radius 3 is 2.32 bits per heavy atom. The number of alkyl halides is 3. The van der Waals surface area contributed by atoms with E-state index in [1.54, 1.807) is 6.07 Å². The van der Waals surface area contributed by atoms with Crippen molar-refractivity contribution < 1.29 is 13.2 Å². The first-order chi connectivity index (χ1) is 8.39. The van der Waals surface area contributed by atoms with Crippen LogP contribution in [0.5, 0.6) is 0 Å². The number of hydrogen-bond donors (Lipinski definition) is 1. The van der Waals surface area contributed by atoms with Crippen molar-refractivity contribution in [2.45, 2.75) is 37.9 Å². The molecule has 1 nitrogen and oxygen atoms in total. The highest BCUT2D eigenvalue weighted by molar-refractivity contribution is 6.31. The second-order valence-electron chi connectivity index (χ2n) is 4.81. The van der Waals surface area contributed by atoms with E-state index in [1.807, 2.05) is 0 Å². The van der Waals surface area contributed by atoms with Gasteiger partial charge in [-0.3, -0.25) is 0 Å². The topological polar surface area (TPSA) is 26.0 Å². The zero-order valence-electron chi connectivity index (χ0n) is 10.2. The molecular weight excluding hydrogens is 298 g/mol. The number of nitrogens with two attached hydrogens (primary N) is 1. The molecule has 19 heavy (non-hydrogen) atoms. The van der Waals surface area contributed by atoms with E-state index in [0.717, 1.165) is 31.7 Å². The summed E-state index contributed by atoms with van der Waals surface area (Å²) in [5.41, 5.74) is 5.78. The SMILES string of the molecule is Cl.N[C@H](c1ccc(Cl)c(C(F)(F)F)c1)C1CCCC1. The quantitative estimate of drug-likeness (QED) is 0.819. The van der Waals surface area contributed by atoms with Gasteiger partial charge in [0.25, 0.3) is 0 Å². The Balaban J connectivity index is 0.00000180. The number of benzene rings is 1. The van der Waals surface area contributed by atoms with Crippen molar-refractivity contribution in [1.82, 2.24) is 0 Å². The minimum absolute atomic E-state index is 0. The summed E-state index contributed by atoms with van der Waals surface area (Å²) in [6.45, 7) is 0. The Bertz CT molecular complexity index is 428. The highest BCUT2D eigenvalue weighted by Gasteiger charge is 2.34. The summed E-state index contributed by atoms with van der Waals surface area (Å²) in [6, 6.07) is 3.64. The van der Waals surface area contributed by atoms with Gasteiger partial charge < -0.3 is 5.73 Å². The van der Waals surface area contributed by atoms with E-state index < -0.39 is 11.7 Å². The molecule has 2 N–H and O–H groups in total. The third kappa shape index (κ3) is 3.77. The predicted molar refractivity (Wildman–Crippen MR) is 72.6 cm³/mol. The monoisotopic (exact) mass is 313 g/mol. The van der Waals surface area contributed by atoms with Crippen LogP contribution >= 0.6 is 24.0 Å². The molecule has 0 aliphatic heterocycles. The van der Waals surface area contributed by atoms with E-state index in [4.69, 9.17) is 17.3 Å². The summed E-state index contributed by atoms with van der Waals surface area (Å²) < 4.78 is 38.2. The smallest absolute Gasteiger partial charge is 0.324 e. The number of hydrogen-bond acceptors (Lipinski definition) is 1. The van der Waals surface area contributed by atoms with Gasteiger partial charge in [0.15, 0.2) is 0 Å². The largest absolute Gasteiger partial charge is 0.417 e. The molecule has 0 saturated heterocycles. The van der Waals surface area contributed by atoms with Gasteiger partial charge in [0.1, 0.15) is 0 Å². The van der Waals surface area contributed by atoms with Crippen LogP contribution in [0.15, 0.2) is 18.2 Å². The summed E-state index contributed by atoms with van der Waals surface area (Å²) in [5, 5.41) is -0.273. The lowest BCUT2D eigenvalue weighted by Gasteiger charge is -2.20. The second-order valence-corrected chi connectivity index (χ2v) is 5.21. The van der Waals surface area contributed by atoms with Gasteiger partial charge in [-0.2, -0.15) is 13.2 Å². The molecule has 2 rings (SSSR count). The summed E-state index contributed by atoms with van der Waals surface area (Å²) in [6.07, 6.45) is -0.227. The van der Waals surface area contributed by atoms with E-state index in [2.05, 4.69) is 0 Å². The van der Waals surface area contributed by atoms with Crippen LogP contribution in [-0.4, -0.2) is 0 Å². The number of halogens is 5. The van der Waals surface area contributed by atoms with Crippen molar-refractivity contribution >= 4 is 24.0 Å². The molecule has 1 aliphatic carbocycles. The van der Waals surface area contributed by atoms with Crippen LogP contribution in [0.25, 0.3) is 0 Å². The van der Waals surface area contributed by atoms with Crippen molar-refractivity contribution in [3.05, 3.63) is 34.3 Å². The highest BCUT2D eigenvalue weighted by atomic mass is 35.5. The summed E-state index contributed by atoms with van der Waals surface area (Å²) in [4.78, 5) is 0. The molecule has 1 aromatic rings. The molecule has 0 unspecified atom stereocenters. The average molecular weight is 314 g/mol. The Labute approximate surface area is 121 Å². The molecule has 1 aromatic carbocycles. The Morgan fingerprint density at radius 2 is 1.79 bits per heavy atom. The fourth-order valence-electron chi connectivity index (χ4n) is 2.56. The third-order valence-corrected chi connectivity index (χ3v) is 3.92. The van der Waals surface area contributed by atoms with Crippen molar-refractivity contribution in [3.63, 3.8) is 0 Å². The molecule has 108 valence electrons. The standard InChI is InChI=1S/C13H15ClF3N.ClH/c14-11-6-5-9(7-10(11)13(15,16)17)12(18)8-3-1-2-4-8;/h5-8,12H,1-4,18H2;1H/t12-;/m0./s1. The zero-order chi connectivity index (χ0) is 13.3. The summed E-state index contributed by atoms with van der Waals surface area (Å²) in [5.74, 6) is 0.284. The molecule has 1 saturated carbocycles. The fraction of sp³-hybridized carbons (Fsp3) is 0.538. The van der Waals surface area contributed by atoms with Crippen molar-refractivity contribution in [3.8, 4) is 0 Å². The lowest BCUT2D eigenvalue weighted by molar-refractivity contribution is -0.137. The van der Waals surface area contributed by atoms with Gasteiger partial charge in [-0.25, -0.2) is 0 Å². The number of rotatable bonds is 2. The molecule has 0 aromatic heterocycles. The van der Waals surface area contributed by atoms with Crippen LogP contribution < -0.4 is 5.73 Å². The van der Waals surface area contributed by atoms with Crippen LogP contribution in [0.3, 0.4) is 0 Å². The van der Waals surface area contributed by atoms with Gasteiger partial charge in [-0.15, -0.1) is 12.4 Å². The molecule has 0 heterocycles. The Morgan fingerprint density at radius 1 is 1.21 bits per heavy atom. The van der Waals surface area contributed by atoms with Gasteiger partial charge >= 0.3 is 6.18 Å². The molecule has 1 aliphatic rings. The lowest BCUT2D eigenvalue weighted by Crippen LogP contribution is -2.20. The Hall–Kier alpha value is -0.450. The van der Waals surface area contributed by atoms with Crippen LogP contribution in [0, 0.1) is 5.92 Å². The molecule has 0 amide bonds. The second kappa shape index (κ2) is 6.33. The first kappa shape index (κ1) is 16.6. The minimum Gasteiger partial charge on any atom is -0.324 e. The summed E-state index contributed by atoms with van der Waals surface area (Å²) >= 11 is 5.58. The van der Waals surface area contributed by atoms with Crippen LogP contribution in [-0.2, 0) is 6.18 Å². The summed E-state index contributed by atoms with van der Waals surface area (Å²) in [7, 11) is 0. The van der Waals surface area contributed by atoms with Gasteiger partial charge in [-0.1, -0.05) is 30.5 Å². The van der Waals surface area contributed by atoms with Crippen LogP contribution in [0.1, 0.15) is 42.9 Å². The predicted octanol–water partition coefficient (Wildman–Crippen LogP) is 4.97. The van der Waals surface area contributed by atoms with E-state index in [9.17, 15) is 13.2 Å². The van der Waals surface area contributed by atoms with Gasteiger partial charge in [-0.05, 0) is 36.5 Å². The average Bonchev–Trinajstić information content (AvgIpc) is 2.80. The molecule has 0 spiro atoms. The third-order valence-electron chi connectivity index (χ3n) is 3.59. The molecule has 0 bridgehead atoms. The van der Waals surface area contributed by atoms with Crippen LogP contribution in [0.4, 0.5) is 13.2 Å². The van der Waals surface area contributed by atoms with Gasteiger partial charge in [0, 0.05) is 6.04 Å². The van der Waals surface area contributed by atoms with E-state index in [-0.39, 0.29) is 29.4 Å². The lowest BCUT2D eigenvalue weighted by atomic mass is 9.91. The van der Waals surface area contributed by atoms with Gasteiger partial charge in [0.05, 0.1) is 10.6 Å². The van der Waals surface area contributed by atoms with Crippen molar-refractivity contribution in [2.24, 2.45) is 11.7 Å². The fourth-order valence-corrected chi connectivity index (χ4v) is 2.78. The van der Waals surface area contributed by atoms with Crippen molar-refractivity contribution in [2.75, 3.05) is 0 Å². The molecule has 0 radical (unpaired) electrons. The van der Waals surface area contributed by atoms with Gasteiger partial charge in [0.2, 0.25) is 0 Å². The normalized spacial score (nSPS) is 18.2. The maximum Gasteiger partial charge on any atom is 0.417 e. The van der Waals surface area contributed by atoms with E-state index >= 15 is 0 Å². The highest BCUT2D eigenvalue weighted by Crippen LogP contribution is 2.39. The molecule has 6 heteroatoms. The molecular formula is C13H16Cl2F3N. The maximum atomic E-state index is 12.7. The Kier molecular flexibility index (Phi) is 5.53. The van der Waals surface area contributed by atoms with Crippen LogP contribution in [0.2, 0.25) is 5.02 Å². The van der Waals surface area contributed by atoms with E-state index in [1.165, 1.54) is 6.07 Å². The first-order valence-corrected chi connectivity index (χ1v) is 6.39. The maximum absolute atomic E-state index is 12.7. The van der Waals surface area contributed by atoms with E-state index in [0.29, 0.717) is 5.56 Å². The zero-order valence-corrected chi connectivity index (χ0v) is 11.8. The first-order valence-electron chi connectivity index (χ1n) is 6.02. The molecule has 1 fully saturated rings. The van der Waals surface area contributed by atoms with Crippen molar-refractivity contribution in [1.29, 1.82) is 0 Å². The molecule has 1 atom stereocenters. The minimum atomic E-state index is -4.43.